The largest absolute Gasteiger partial charge is 0.491 e. The van der Waals surface area contributed by atoms with E-state index in [-0.39, 0.29) is 17.5 Å². The maximum absolute atomic E-state index is 14.3. The van der Waals surface area contributed by atoms with Gasteiger partial charge in [0.15, 0.2) is 11.6 Å². The minimum Gasteiger partial charge on any atom is -0.491 e. The number of hydrogen-bond donors (Lipinski definition) is 0. The number of carbonyl (C=O) groups is 1. The van der Waals surface area contributed by atoms with E-state index in [0.29, 0.717) is 18.9 Å². The highest BCUT2D eigenvalue weighted by molar-refractivity contribution is 5.72. The monoisotopic (exact) mass is 488 g/mol. The Morgan fingerprint density at radius 1 is 0.886 bits per heavy atom. The van der Waals surface area contributed by atoms with Crippen LogP contribution in [0.5, 0.6) is 11.5 Å². The van der Waals surface area contributed by atoms with E-state index in [0.717, 1.165) is 43.4 Å². The molecular weight excluding hydrogens is 439 g/mol. The third kappa shape index (κ3) is 9.77. The van der Waals surface area contributed by atoms with Gasteiger partial charge in [-0.05, 0) is 67.9 Å². The van der Waals surface area contributed by atoms with Crippen LogP contribution in [0.25, 0.3) is 0 Å². The molecule has 0 heterocycles. The molecule has 2 fully saturated rings. The Bertz CT molecular complexity index is 741. The van der Waals surface area contributed by atoms with E-state index in [1.807, 2.05) is 0 Å². The molecule has 0 N–H and O–H groups in total. The molecule has 0 saturated heterocycles. The summed E-state index contributed by atoms with van der Waals surface area (Å²) in [5.41, 5.74) is 0. The van der Waals surface area contributed by atoms with Crippen molar-refractivity contribution in [3.05, 3.63) is 24.0 Å². The van der Waals surface area contributed by atoms with Gasteiger partial charge < -0.3 is 9.47 Å². The predicted molar refractivity (Wildman–Crippen MR) is 141 cm³/mol. The zero-order chi connectivity index (χ0) is 24.9. The van der Waals surface area contributed by atoms with Crippen LogP contribution in [-0.2, 0) is 4.79 Å². The maximum atomic E-state index is 14.3. The van der Waals surface area contributed by atoms with Crippen molar-refractivity contribution in [2.75, 3.05) is 6.61 Å². The molecule has 1 unspecified atom stereocenters. The summed E-state index contributed by atoms with van der Waals surface area (Å²) in [6, 6.07) is 4.46. The second kappa shape index (κ2) is 15.5. The standard InChI is InChI=1S/C31H49FO3/c1-3-5-7-10-24-13-16-26(17-14-24)27-12-9-11-25(22-27)15-20-31(33)35-28-18-19-30(29(32)23-28)34-21-8-6-4-2/h18-19,23-27H,3-17,20-22H2,1-2H3/t24-,25?,26-,27-/m0/s1. The Labute approximate surface area is 213 Å². The number of benzene rings is 1. The molecular formula is C31H49FO3. The number of ether oxygens (including phenoxy) is 2. The van der Waals surface area contributed by atoms with Gasteiger partial charge in [0.25, 0.3) is 0 Å². The van der Waals surface area contributed by atoms with Crippen LogP contribution in [0, 0.1) is 29.5 Å². The number of hydrogen-bond acceptors (Lipinski definition) is 3. The van der Waals surface area contributed by atoms with E-state index in [4.69, 9.17) is 9.47 Å². The van der Waals surface area contributed by atoms with Crippen LogP contribution in [0.1, 0.15) is 123 Å². The fourth-order valence-corrected chi connectivity index (χ4v) is 6.35. The van der Waals surface area contributed by atoms with Crippen molar-refractivity contribution in [2.24, 2.45) is 23.7 Å². The van der Waals surface area contributed by atoms with Gasteiger partial charge in [0, 0.05) is 12.5 Å². The Morgan fingerprint density at radius 3 is 2.40 bits per heavy atom. The van der Waals surface area contributed by atoms with Gasteiger partial charge in [0.1, 0.15) is 5.75 Å². The van der Waals surface area contributed by atoms with E-state index in [2.05, 4.69) is 13.8 Å². The van der Waals surface area contributed by atoms with E-state index < -0.39 is 5.82 Å². The molecule has 3 rings (SSSR count). The second-order valence-corrected chi connectivity index (χ2v) is 11.2. The summed E-state index contributed by atoms with van der Waals surface area (Å²) in [5, 5.41) is 0. The summed E-state index contributed by atoms with van der Waals surface area (Å²) >= 11 is 0. The van der Waals surface area contributed by atoms with E-state index in [1.165, 1.54) is 83.1 Å². The average molecular weight is 489 g/mol. The number of rotatable bonds is 14. The summed E-state index contributed by atoms with van der Waals surface area (Å²) in [6.45, 7) is 4.92. The Kier molecular flexibility index (Phi) is 12.4. The SMILES string of the molecule is CCCCCOc1ccc(OC(=O)CCC2CCC[C@H]([C@H]3CC[C@H](CCCCC)CC3)C2)cc1F. The van der Waals surface area contributed by atoms with Gasteiger partial charge in [-0.3, -0.25) is 4.79 Å². The van der Waals surface area contributed by atoms with Crippen LogP contribution in [0.3, 0.4) is 0 Å². The van der Waals surface area contributed by atoms with Gasteiger partial charge in [0.2, 0.25) is 0 Å². The van der Waals surface area contributed by atoms with Crippen LogP contribution in [0.15, 0.2) is 18.2 Å². The first kappa shape index (κ1) is 28.0. The number of carbonyl (C=O) groups excluding carboxylic acids is 1. The van der Waals surface area contributed by atoms with Crippen LogP contribution in [-0.4, -0.2) is 12.6 Å². The lowest BCUT2D eigenvalue weighted by Crippen LogP contribution is -2.27. The molecule has 2 aliphatic rings. The van der Waals surface area contributed by atoms with Crippen LogP contribution in [0.4, 0.5) is 4.39 Å². The summed E-state index contributed by atoms with van der Waals surface area (Å²) < 4.78 is 25.2. The van der Waals surface area contributed by atoms with E-state index in [9.17, 15) is 9.18 Å². The third-order valence-corrected chi connectivity index (χ3v) is 8.49. The normalized spacial score (nSPS) is 24.8. The van der Waals surface area contributed by atoms with Gasteiger partial charge >= 0.3 is 5.97 Å². The van der Waals surface area contributed by atoms with Crippen molar-refractivity contribution in [1.29, 1.82) is 0 Å². The smallest absolute Gasteiger partial charge is 0.311 e. The Balaban J connectivity index is 1.36. The Hall–Kier alpha value is -1.58. The first-order valence-electron chi connectivity index (χ1n) is 14.7. The van der Waals surface area contributed by atoms with Crippen molar-refractivity contribution < 1.29 is 18.7 Å². The molecule has 198 valence electrons. The molecule has 2 atom stereocenters. The minimum atomic E-state index is -0.470. The molecule has 2 saturated carbocycles. The van der Waals surface area contributed by atoms with E-state index in [1.54, 1.807) is 12.1 Å². The number of unbranched alkanes of at least 4 members (excludes halogenated alkanes) is 4. The second-order valence-electron chi connectivity index (χ2n) is 11.2. The van der Waals surface area contributed by atoms with Crippen molar-refractivity contribution >= 4 is 5.97 Å². The lowest BCUT2D eigenvalue weighted by molar-refractivity contribution is -0.134. The van der Waals surface area contributed by atoms with Gasteiger partial charge in [-0.1, -0.05) is 84.5 Å². The first-order chi connectivity index (χ1) is 17.1. The van der Waals surface area contributed by atoms with Crippen molar-refractivity contribution in [1.82, 2.24) is 0 Å². The van der Waals surface area contributed by atoms with Gasteiger partial charge in [-0.2, -0.15) is 0 Å². The van der Waals surface area contributed by atoms with Crippen LogP contribution in [0.2, 0.25) is 0 Å². The van der Waals surface area contributed by atoms with E-state index >= 15 is 0 Å². The fourth-order valence-electron chi connectivity index (χ4n) is 6.35. The van der Waals surface area contributed by atoms with Crippen molar-refractivity contribution in [3.63, 3.8) is 0 Å². The number of halogens is 1. The topological polar surface area (TPSA) is 35.5 Å². The predicted octanol–water partition coefficient (Wildman–Crippen LogP) is 9.27. The quantitative estimate of drug-likeness (QED) is 0.149. The van der Waals surface area contributed by atoms with Crippen LogP contribution < -0.4 is 9.47 Å². The molecule has 0 spiro atoms. The molecule has 0 amide bonds. The molecule has 0 bridgehead atoms. The van der Waals surface area contributed by atoms with Crippen molar-refractivity contribution in [3.8, 4) is 11.5 Å². The van der Waals surface area contributed by atoms with Crippen molar-refractivity contribution in [2.45, 2.75) is 123 Å². The van der Waals surface area contributed by atoms with Gasteiger partial charge in [-0.15, -0.1) is 0 Å². The molecule has 4 heteroatoms. The highest BCUT2D eigenvalue weighted by Crippen LogP contribution is 2.43. The highest BCUT2D eigenvalue weighted by atomic mass is 19.1. The summed E-state index contributed by atoms with van der Waals surface area (Å²) in [6.07, 6.45) is 20.8. The molecule has 0 aromatic heterocycles. The molecule has 0 aliphatic heterocycles. The zero-order valence-electron chi connectivity index (χ0n) is 22.4. The molecule has 1 aromatic carbocycles. The Morgan fingerprint density at radius 2 is 1.66 bits per heavy atom. The fraction of sp³-hybridized carbons (Fsp3) is 0.774. The molecule has 2 aliphatic carbocycles. The average Bonchev–Trinajstić information content (AvgIpc) is 2.87. The molecule has 0 radical (unpaired) electrons. The minimum absolute atomic E-state index is 0.226. The van der Waals surface area contributed by atoms with Crippen LogP contribution >= 0.6 is 0 Å². The summed E-state index contributed by atoms with van der Waals surface area (Å²) in [5.74, 6) is 3.11. The summed E-state index contributed by atoms with van der Waals surface area (Å²) in [4.78, 5) is 12.4. The first-order valence-corrected chi connectivity index (χ1v) is 14.7. The lowest BCUT2D eigenvalue weighted by atomic mass is 9.67. The summed E-state index contributed by atoms with van der Waals surface area (Å²) in [7, 11) is 0. The van der Waals surface area contributed by atoms with Gasteiger partial charge in [-0.25, -0.2) is 4.39 Å². The zero-order valence-corrected chi connectivity index (χ0v) is 22.4. The van der Waals surface area contributed by atoms with Gasteiger partial charge in [0.05, 0.1) is 6.61 Å². The maximum Gasteiger partial charge on any atom is 0.311 e. The molecule has 3 nitrogen and oxygen atoms in total. The molecule has 35 heavy (non-hydrogen) atoms. The molecule has 1 aromatic rings. The lowest BCUT2D eigenvalue weighted by Gasteiger charge is -2.38. The third-order valence-electron chi connectivity index (χ3n) is 8.49. The highest BCUT2D eigenvalue weighted by Gasteiger charge is 2.31. The number of esters is 1.